The average molecular weight is 442 g/mol. The van der Waals surface area contributed by atoms with Crippen molar-refractivity contribution in [2.45, 2.75) is 51.3 Å². The van der Waals surface area contributed by atoms with Crippen LogP contribution in [0, 0.1) is 0 Å². The second kappa shape index (κ2) is 11.3. The Balaban J connectivity index is 1.94. The number of aliphatic hydroxyl groups is 1. The van der Waals surface area contributed by atoms with Crippen molar-refractivity contribution in [3.05, 3.63) is 71.3 Å². The fraction of sp³-hybridized carbons (Fsp3) is 0.375. The highest BCUT2D eigenvalue weighted by Crippen LogP contribution is 2.22. The standard InChI is InChI=1S/C24H31N3O5/c1-24(2,3)18-11-9-16(10-12-18)13-19(21(25)29)26-22(30)20(14-28)27-23(31)32-15-17-7-5-4-6-8-17/h4-12,19-20,28H,13-15H2,1-3H3,(H2,25,29)(H,26,30)(H,27,31)/t19-,20-/m0/s1. The van der Waals surface area contributed by atoms with Crippen molar-refractivity contribution < 1.29 is 24.2 Å². The molecule has 0 aliphatic heterocycles. The summed E-state index contributed by atoms with van der Waals surface area (Å²) < 4.78 is 5.06. The number of rotatable bonds is 9. The molecule has 2 aromatic rings. The van der Waals surface area contributed by atoms with Gasteiger partial charge in [-0.25, -0.2) is 4.79 Å². The van der Waals surface area contributed by atoms with Gasteiger partial charge in [-0.2, -0.15) is 0 Å². The molecule has 172 valence electrons. The molecule has 0 radical (unpaired) electrons. The molecule has 2 rings (SSSR count). The van der Waals surface area contributed by atoms with Crippen LogP contribution in [0.25, 0.3) is 0 Å². The number of carbonyl (C=O) groups excluding carboxylic acids is 3. The molecule has 0 heterocycles. The molecule has 0 bridgehead atoms. The molecule has 0 fully saturated rings. The summed E-state index contributed by atoms with van der Waals surface area (Å²) >= 11 is 0. The second-order valence-corrected chi connectivity index (χ2v) is 8.56. The van der Waals surface area contributed by atoms with Gasteiger partial charge in [0.2, 0.25) is 11.8 Å². The Hall–Kier alpha value is -3.39. The fourth-order valence-corrected chi connectivity index (χ4v) is 2.97. The Kier molecular flexibility index (Phi) is 8.78. The molecule has 2 atom stereocenters. The summed E-state index contributed by atoms with van der Waals surface area (Å²) in [6.07, 6.45) is -0.682. The fourth-order valence-electron chi connectivity index (χ4n) is 2.97. The molecular formula is C24H31N3O5. The van der Waals surface area contributed by atoms with E-state index in [2.05, 4.69) is 31.4 Å². The van der Waals surface area contributed by atoms with Crippen LogP contribution in [0.4, 0.5) is 4.79 Å². The Bertz CT molecular complexity index is 907. The Morgan fingerprint density at radius 2 is 1.56 bits per heavy atom. The lowest BCUT2D eigenvalue weighted by molar-refractivity contribution is -0.129. The van der Waals surface area contributed by atoms with Gasteiger partial charge in [0.15, 0.2) is 0 Å². The van der Waals surface area contributed by atoms with Crippen LogP contribution < -0.4 is 16.4 Å². The van der Waals surface area contributed by atoms with Gasteiger partial charge in [-0.3, -0.25) is 9.59 Å². The van der Waals surface area contributed by atoms with E-state index in [1.165, 1.54) is 0 Å². The first-order valence-electron chi connectivity index (χ1n) is 10.4. The molecule has 8 nitrogen and oxygen atoms in total. The SMILES string of the molecule is CC(C)(C)c1ccc(C[C@H](NC(=O)[C@H](CO)NC(=O)OCc2ccccc2)C(N)=O)cc1. The number of nitrogens with two attached hydrogens (primary N) is 1. The summed E-state index contributed by atoms with van der Waals surface area (Å²) in [6.45, 7) is 5.64. The number of hydrogen-bond acceptors (Lipinski definition) is 5. The van der Waals surface area contributed by atoms with Crippen molar-refractivity contribution in [3.8, 4) is 0 Å². The van der Waals surface area contributed by atoms with Crippen LogP contribution in [0.15, 0.2) is 54.6 Å². The van der Waals surface area contributed by atoms with E-state index >= 15 is 0 Å². The zero-order valence-electron chi connectivity index (χ0n) is 18.6. The lowest BCUT2D eigenvalue weighted by atomic mass is 9.86. The van der Waals surface area contributed by atoms with Crippen LogP contribution in [0.1, 0.15) is 37.5 Å². The van der Waals surface area contributed by atoms with E-state index in [1.54, 1.807) is 24.3 Å². The van der Waals surface area contributed by atoms with Crippen molar-refractivity contribution in [2.24, 2.45) is 5.73 Å². The monoisotopic (exact) mass is 441 g/mol. The maximum absolute atomic E-state index is 12.5. The van der Waals surface area contributed by atoms with Gasteiger partial charge in [0.25, 0.3) is 0 Å². The Morgan fingerprint density at radius 1 is 0.938 bits per heavy atom. The summed E-state index contributed by atoms with van der Waals surface area (Å²) in [5.74, 6) is -1.46. The van der Waals surface area contributed by atoms with E-state index in [4.69, 9.17) is 10.5 Å². The zero-order chi connectivity index (χ0) is 23.7. The molecule has 3 amide bonds. The van der Waals surface area contributed by atoms with Gasteiger partial charge >= 0.3 is 6.09 Å². The molecule has 0 aromatic heterocycles. The first-order valence-corrected chi connectivity index (χ1v) is 10.4. The van der Waals surface area contributed by atoms with Crippen molar-refractivity contribution >= 4 is 17.9 Å². The smallest absolute Gasteiger partial charge is 0.408 e. The molecule has 32 heavy (non-hydrogen) atoms. The number of amides is 3. The molecule has 0 aliphatic rings. The van der Waals surface area contributed by atoms with Gasteiger partial charge in [-0.05, 0) is 22.1 Å². The third-order valence-corrected chi connectivity index (χ3v) is 4.92. The highest BCUT2D eigenvalue weighted by atomic mass is 16.5. The first kappa shape index (κ1) is 24.9. The molecule has 5 N–H and O–H groups in total. The number of benzene rings is 2. The topological polar surface area (TPSA) is 131 Å². The summed E-state index contributed by atoms with van der Waals surface area (Å²) in [6, 6.07) is 14.4. The third-order valence-electron chi connectivity index (χ3n) is 4.92. The predicted molar refractivity (Wildman–Crippen MR) is 121 cm³/mol. The maximum Gasteiger partial charge on any atom is 0.408 e. The largest absolute Gasteiger partial charge is 0.445 e. The van der Waals surface area contributed by atoms with Crippen LogP contribution in [0.5, 0.6) is 0 Å². The average Bonchev–Trinajstić information content (AvgIpc) is 2.75. The number of nitrogens with one attached hydrogen (secondary N) is 2. The number of ether oxygens (including phenoxy) is 1. The minimum Gasteiger partial charge on any atom is -0.445 e. The highest BCUT2D eigenvalue weighted by molar-refractivity contribution is 5.91. The summed E-state index contributed by atoms with van der Waals surface area (Å²) in [4.78, 5) is 36.4. The minimum atomic E-state index is -1.29. The number of alkyl carbamates (subject to hydrolysis) is 1. The van der Waals surface area contributed by atoms with Crippen LogP contribution in [-0.2, 0) is 32.8 Å². The number of aliphatic hydroxyl groups excluding tert-OH is 1. The molecular weight excluding hydrogens is 410 g/mol. The van der Waals surface area contributed by atoms with Gasteiger partial charge in [0, 0.05) is 6.42 Å². The quantitative estimate of drug-likeness (QED) is 0.471. The summed E-state index contributed by atoms with van der Waals surface area (Å²) in [5, 5.41) is 14.3. The van der Waals surface area contributed by atoms with Crippen molar-refractivity contribution in [2.75, 3.05) is 6.61 Å². The molecule has 0 aliphatic carbocycles. The molecule has 8 heteroatoms. The van der Waals surface area contributed by atoms with Gasteiger partial charge < -0.3 is 26.2 Å². The Labute approximate surface area is 188 Å². The third kappa shape index (κ3) is 7.70. The molecule has 0 spiro atoms. The van der Waals surface area contributed by atoms with Crippen molar-refractivity contribution in [3.63, 3.8) is 0 Å². The lowest BCUT2D eigenvalue weighted by Gasteiger charge is -2.22. The minimum absolute atomic E-state index is 0.00896. The maximum atomic E-state index is 12.5. The first-order chi connectivity index (χ1) is 15.1. The number of primary amides is 1. The highest BCUT2D eigenvalue weighted by Gasteiger charge is 2.26. The van der Waals surface area contributed by atoms with E-state index in [0.717, 1.165) is 16.7 Å². The van der Waals surface area contributed by atoms with Gasteiger partial charge in [0.05, 0.1) is 6.61 Å². The lowest BCUT2D eigenvalue weighted by Crippen LogP contribution is -2.54. The van der Waals surface area contributed by atoms with E-state index in [9.17, 15) is 19.5 Å². The molecule has 0 saturated carbocycles. The Morgan fingerprint density at radius 3 is 2.09 bits per heavy atom. The van der Waals surface area contributed by atoms with Crippen molar-refractivity contribution in [1.82, 2.24) is 10.6 Å². The van der Waals surface area contributed by atoms with Gasteiger partial charge in [0.1, 0.15) is 18.7 Å². The van der Waals surface area contributed by atoms with Gasteiger partial charge in [-0.1, -0.05) is 75.4 Å². The van der Waals surface area contributed by atoms with E-state index in [-0.39, 0.29) is 18.4 Å². The van der Waals surface area contributed by atoms with Crippen molar-refractivity contribution in [1.29, 1.82) is 0 Å². The second-order valence-electron chi connectivity index (χ2n) is 8.56. The predicted octanol–water partition coefficient (Wildman–Crippen LogP) is 1.78. The van der Waals surface area contributed by atoms with Crippen LogP contribution in [-0.4, -0.2) is 41.7 Å². The summed E-state index contributed by atoms with van der Waals surface area (Å²) in [5.41, 5.74) is 8.18. The van der Waals surface area contributed by atoms with Crippen LogP contribution >= 0.6 is 0 Å². The van der Waals surface area contributed by atoms with E-state index in [0.29, 0.717) is 0 Å². The van der Waals surface area contributed by atoms with Crippen LogP contribution in [0.3, 0.4) is 0 Å². The molecule has 0 unspecified atom stereocenters. The number of carbonyl (C=O) groups is 3. The van der Waals surface area contributed by atoms with E-state index < -0.39 is 36.6 Å². The van der Waals surface area contributed by atoms with Gasteiger partial charge in [-0.15, -0.1) is 0 Å². The molecule has 0 saturated heterocycles. The summed E-state index contributed by atoms with van der Waals surface area (Å²) in [7, 11) is 0. The molecule has 2 aromatic carbocycles. The number of hydrogen-bond donors (Lipinski definition) is 4. The normalized spacial score (nSPS) is 13.0. The zero-order valence-corrected chi connectivity index (χ0v) is 18.6. The van der Waals surface area contributed by atoms with Crippen LogP contribution in [0.2, 0.25) is 0 Å². The van der Waals surface area contributed by atoms with E-state index in [1.807, 2.05) is 30.3 Å².